The van der Waals surface area contributed by atoms with Gasteiger partial charge < -0.3 is 28.7 Å². The lowest BCUT2D eigenvalue weighted by molar-refractivity contribution is 0.0273. The highest BCUT2D eigenvalue weighted by Gasteiger charge is 2.36. The first-order chi connectivity index (χ1) is 21.3. The minimum Gasteiger partial charge on any atom is -0.472 e. The first-order valence-electron chi connectivity index (χ1n) is 15.2. The summed E-state index contributed by atoms with van der Waals surface area (Å²) in [5, 5.41) is 10.1. The third-order valence-electron chi connectivity index (χ3n) is 6.74. The monoisotopic (exact) mass is 637 g/mol. The van der Waals surface area contributed by atoms with Crippen LogP contribution in [-0.2, 0) is 27.2 Å². The second-order valence-corrected chi connectivity index (χ2v) is 14.2. The number of amides is 3. The fourth-order valence-corrected chi connectivity index (χ4v) is 4.85. The Labute approximate surface area is 269 Å². The van der Waals surface area contributed by atoms with E-state index < -0.39 is 29.0 Å². The fourth-order valence-electron chi connectivity index (χ4n) is 4.85. The zero-order valence-corrected chi connectivity index (χ0v) is 28.0. The summed E-state index contributed by atoms with van der Waals surface area (Å²) >= 11 is 0. The summed E-state index contributed by atoms with van der Waals surface area (Å²) < 4.78 is 22.7. The Morgan fingerprint density at radius 2 is 1.54 bits per heavy atom. The number of imide groups is 1. The van der Waals surface area contributed by atoms with Crippen molar-refractivity contribution in [1.82, 2.24) is 19.9 Å². The molecule has 0 aliphatic carbocycles. The molecule has 46 heavy (non-hydrogen) atoms. The van der Waals surface area contributed by atoms with Crippen LogP contribution in [0.3, 0.4) is 0 Å². The van der Waals surface area contributed by atoms with E-state index in [2.05, 4.69) is 21.0 Å². The van der Waals surface area contributed by atoms with Gasteiger partial charge in [-0.15, -0.1) is 0 Å². The average Bonchev–Trinajstić information content (AvgIpc) is 3.39. The topological polar surface area (TPSA) is 160 Å². The number of aromatic nitrogens is 3. The minimum absolute atomic E-state index is 0.0195. The Balaban J connectivity index is 1.56. The van der Waals surface area contributed by atoms with Crippen LogP contribution >= 0.6 is 0 Å². The second-order valence-electron chi connectivity index (χ2n) is 14.2. The molecular formula is C32H43N7O7. The quantitative estimate of drug-likeness (QED) is 0.395. The van der Waals surface area contributed by atoms with Gasteiger partial charge in [-0.25, -0.2) is 29.3 Å². The van der Waals surface area contributed by atoms with Crippen LogP contribution in [0.5, 0.6) is 5.88 Å². The molecule has 4 rings (SSSR count). The number of carbonyl (C=O) groups is 3. The molecule has 0 radical (unpaired) electrons. The first-order valence-corrected chi connectivity index (χ1v) is 15.2. The summed E-state index contributed by atoms with van der Waals surface area (Å²) in [6, 6.07) is 3.62. The molecule has 1 atom stereocenters. The lowest BCUT2D eigenvalue weighted by Gasteiger charge is -2.32. The van der Waals surface area contributed by atoms with Crippen molar-refractivity contribution in [2.45, 2.75) is 105 Å². The maximum Gasteiger partial charge on any atom is 0.425 e. The zero-order valence-electron chi connectivity index (χ0n) is 28.0. The number of anilines is 2. The summed E-state index contributed by atoms with van der Waals surface area (Å²) in [7, 11) is 0. The Kier molecular flexibility index (Phi) is 9.65. The number of rotatable bonds is 4. The zero-order chi connectivity index (χ0) is 34.0. The lowest BCUT2D eigenvalue weighted by atomic mass is 10.1. The second kappa shape index (κ2) is 13.0. The standard InChI is InChI=1S/C32H43N7O7/c1-30(2,3)44-27(40)38-12-10-22(17-38)43-26-23-18-37(13-11-24(23)35-19-36-26)21-14-20(15-33)25(34-16-21)39(28(41)45-31(4,5)6)29(42)46-32(7,8)9/h14,16,19,22H,10-13,17-18H2,1-9H3. The van der Waals surface area contributed by atoms with Crippen LogP contribution in [0.15, 0.2) is 18.6 Å². The molecule has 2 aliphatic heterocycles. The van der Waals surface area contributed by atoms with Crippen molar-refractivity contribution in [2.24, 2.45) is 0 Å². The molecular weight excluding hydrogens is 594 g/mol. The van der Waals surface area contributed by atoms with Crippen molar-refractivity contribution in [3.8, 4) is 11.9 Å². The molecule has 0 aromatic carbocycles. The highest BCUT2D eigenvalue weighted by Crippen LogP contribution is 2.32. The van der Waals surface area contributed by atoms with Crippen molar-refractivity contribution < 1.29 is 33.3 Å². The highest BCUT2D eigenvalue weighted by atomic mass is 16.6. The molecule has 0 bridgehead atoms. The molecule has 2 aliphatic rings. The van der Waals surface area contributed by atoms with Crippen LogP contribution in [0.1, 0.15) is 85.6 Å². The van der Waals surface area contributed by atoms with Crippen LogP contribution in [-0.4, -0.2) is 80.7 Å². The van der Waals surface area contributed by atoms with E-state index in [0.29, 0.717) is 55.5 Å². The molecule has 1 saturated heterocycles. The average molecular weight is 638 g/mol. The molecule has 2 aromatic heterocycles. The third-order valence-corrected chi connectivity index (χ3v) is 6.74. The van der Waals surface area contributed by atoms with Crippen molar-refractivity contribution in [3.05, 3.63) is 35.4 Å². The fraction of sp³-hybridized carbons (Fsp3) is 0.594. The number of nitrogens with zero attached hydrogens (tertiary/aromatic N) is 7. The van der Waals surface area contributed by atoms with Gasteiger partial charge in [-0.05, 0) is 68.4 Å². The Morgan fingerprint density at radius 1 is 0.913 bits per heavy atom. The van der Waals surface area contributed by atoms with Crippen LogP contribution in [0.4, 0.5) is 25.9 Å². The number of carbonyl (C=O) groups excluding carboxylic acids is 3. The van der Waals surface area contributed by atoms with Gasteiger partial charge in [0.1, 0.15) is 35.3 Å². The number of hydrogen-bond acceptors (Lipinski definition) is 12. The molecule has 1 unspecified atom stereocenters. The molecule has 248 valence electrons. The number of hydrogen-bond donors (Lipinski definition) is 0. The number of ether oxygens (including phenoxy) is 4. The predicted octanol–water partition coefficient (Wildman–Crippen LogP) is 5.37. The van der Waals surface area contributed by atoms with E-state index in [1.807, 2.05) is 25.7 Å². The summed E-state index contributed by atoms with van der Waals surface area (Å²) in [5.41, 5.74) is -0.224. The number of nitriles is 1. The van der Waals surface area contributed by atoms with Crippen LogP contribution in [0.2, 0.25) is 0 Å². The van der Waals surface area contributed by atoms with Crippen LogP contribution in [0.25, 0.3) is 0 Å². The first kappa shape index (κ1) is 34.2. The van der Waals surface area contributed by atoms with Gasteiger partial charge in [0.05, 0.1) is 41.8 Å². The smallest absolute Gasteiger partial charge is 0.425 e. The van der Waals surface area contributed by atoms with Crippen LogP contribution in [0, 0.1) is 11.3 Å². The van der Waals surface area contributed by atoms with E-state index in [1.54, 1.807) is 52.5 Å². The molecule has 3 amide bonds. The Bertz CT molecular complexity index is 1490. The van der Waals surface area contributed by atoms with Crippen molar-refractivity contribution in [3.63, 3.8) is 0 Å². The largest absolute Gasteiger partial charge is 0.472 e. The van der Waals surface area contributed by atoms with Crippen molar-refractivity contribution in [2.75, 3.05) is 29.4 Å². The molecule has 14 heteroatoms. The Hall–Kier alpha value is -4.67. The predicted molar refractivity (Wildman–Crippen MR) is 168 cm³/mol. The molecule has 14 nitrogen and oxygen atoms in total. The van der Waals surface area contributed by atoms with Gasteiger partial charge in [0.2, 0.25) is 5.88 Å². The molecule has 2 aromatic rings. The summed E-state index contributed by atoms with van der Waals surface area (Å²) in [5.74, 6) is 0.229. The molecule has 0 N–H and O–H groups in total. The van der Waals surface area contributed by atoms with Gasteiger partial charge in [-0.1, -0.05) is 0 Å². The van der Waals surface area contributed by atoms with Gasteiger partial charge in [0, 0.05) is 25.9 Å². The molecule has 1 fully saturated rings. The summed E-state index contributed by atoms with van der Waals surface area (Å²) in [6.07, 6.45) is 1.50. The normalized spacial score (nSPS) is 16.7. The van der Waals surface area contributed by atoms with E-state index >= 15 is 0 Å². The summed E-state index contributed by atoms with van der Waals surface area (Å²) in [6.45, 7) is 17.3. The van der Waals surface area contributed by atoms with E-state index in [0.717, 1.165) is 11.3 Å². The summed E-state index contributed by atoms with van der Waals surface area (Å²) in [4.78, 5) is 56.4. The van der Waals surface area contributed by atoms with Crippen molar-refractivity contribution >= 4 is 29.8 Å². The van der Waals surface area contributed by atoms with Gasteiger partial charge in [0.25, 0.3) is 0 Å². The maximum atomic E-state index is 13.2. The number of pyridine rings is 1. The van der Waals surface area contributed by atoms with Gasteiger partial charge >= 0.3 is 18.3 Å². The number of fused-ring (bicyclic) bond motifs is 1. The van der Waals surface area contributed by atoms with Crippen molar-refractivity contribution in [1.29, 1.82) is 5.26 Å². The molecule has 0 saturated carbocycles. The third kappa shape index (κ3) is 8.74. The maximum absolute atomic E-state index is 13.2. The van der Waals surface area contributed by atoms with E-state index in [4.69, 9.17) is 18.9 Å². The minimum atomic E-state index is -1.01. The SMILES string of the molecule is CC(C)(C)OC(=O)N1CCC(Oc2ncnc3c2CN(c2cnc(N(C(=O)OC(C)(C)C)C(=O)OC(C)(C)C)c(C#N)c2)CC3)C1. The van der Waals surface area contributed by atoms with Crippen LogP contribution < -0.4 is 14.5 Å². The van der Waals surface area contributed by atoms with E-state index in [1.165, 1.54) is 12.5 Å². The van der Waals surface area contributed by atoms with E-state index in [-0.39, 0.29) is 23.6 Å². The van der Waals surface area contributed by atoms with Gasteiger partial charge in [0.15, 0.2) is 5.82 Å². The number of likely N-dealkylation sites (tertiary alicyclic amines) is 1. The van der Waals surface area contributed by atoms with Gasteiger partial charge in [-0.2, -0.15) is 10.2 Å². The lowest BCUT2D eigenvalue weighted by Crippen LogP contribution is -2.44. The molecule has 4 heterocycles. The van der Waals surface area contributed by atoms with E-state index in [9.17, 15) is 19.6 Å². The Morgan fingerprint density at radius 3 is 2.13 bits per heavy atom. The molecule has 0 spiro atoms. The highest BCUT2D eigenvalue weighted by molar-refractivity contribution is 6.09. The van der Waals surface area contributed by atoms with Gasteiger partial charge in [-0.3, -0.25) is 0 Å².